The molecule has 5 rings (SSSR count). The molecule has 1 aliphatic rings. The maximum Gasteiger partial charge on any atom is 0.0582 e. The van der Waals surface area contributed by atoms with E-state index in [0.29, 0.717) is 6.04 Å². The van der Waals surface area contributed by atoms with Crippen molar-refractivity contribution in [2.45, 2.75) is 31.3 Å². The van der Waals surface area contributed by atoms with Gasteiger partial charge in [0.2, 0.25) is 0 Å². The van der Waals surface area contributed by atoms with Crippen molar-refractivity contribution >= 4 is 16.5 Å². The Hall–Kier alpha value is -3.10. The van der Waals surface area contributed by atoms with E-state index < -0.39 is 0 Å². The molecule has 0 saturated carbocycles. The normalized spacial score (nSPS) is 17.0. The average molecular weight is 379 g/mol. The Morgan fingerprint density at radius 3 is 2.59 bits per heavy atom. The highest BCUT2D eigenvalue weighted by Crippen LogP contribution is 2.37. The molecule has 1 aliphatic carbocycles. The van der Waals surface area contributed by atoms with E-state index in [0.717, 1.165) is 17.5 Å². The van der Waals surface area contributed by atoms with Crippen LogP contribution in [0.1, 0.15) is 47.2 Å². The molecule has 0 fully saturated rings. The van der Waals surface area contributed by atoms with Gasteiger partial charge in [0.05, 0.1) is 6.04 Å². The van der Waals surface area contributed by atoms with Crippen LogP contribution in [0.15, 0.2) is 91.6 Å². The summed E-state index contributed by atoms with van der Waals surface area (Å²) in [5.41, 5.74) is 7.61. The van der Waals surface area contributed by atoms with Gasteiger partial charge in [0, 0.05) is 28.7 Å². The molecular weight excluding hydrogens is 352 g/mol. The Morgan fingerprint density at radius 2 is 1.69 bits per heavy atom. The van der Waals surface area contributed by atoms with Gasteiger partial charge in [-0.2, -0.15) is 0 Å². The third-order valence-electron chi connectivity index (χ3n) is 6.15. The number of nitrogens with one attached hydrogen (secondary N) is 2. The molecule has 0 saturated heterocycles. The maximum atomic E-state index is 4.56. The van der Waals surface area contributed by atoms with Gasteiger partial charge in [0.25, 0.3) is 0 Å². The number of fused-ring (bicyclic) bond motifs is 2. The van der Waals surface area contributed by atoms with Crippen LogP contribution < -0.4 is 5.32 Å². The van der Waals surface area contributed by atoms with Crippen LogP contribution >= 0.6 is 0 Å². The third kappa shape index (κ3) is 3.41. The fraction of sp³-hybridized carbons (Fsp3) is 0.185. The van der Waals surface area contributed by atoms with Crippen LogP contribution in [0.5, 0.6) is 0 Å². The first-order valence-corrected chi connectivity index (χ1v) is 10.5. The zero-order valence-corrected chi connectivity index (χ0v) is 16.6. The molecule has 2 heteroatoms. The van der Waals surface area contributed by atoms with Crippen LogP contribution in [0, 0.1) is 0 Å². The van der Waals surface area contributed by atoms with Crippen molar-refractivity contribution in [2.75, 3.05) is 0 Å². The van der Waals surface area contributed by atoms with Crippen LogP contribution in [0.4, 0.5) is 0 Å². The lowest BCUT2D eigenvalue weighted by molar-refractivity contribution is 0.439. The lowest BCUT2D eigenvalue weighted by Crippen LogP contribution is -2.30. The van der Waals surface area contributed by atoms with Gasteiger partial charge in [-0.05, 0) is 47.6 Å². The average Bonchev–Trinajstić information content (AvgIpc) is 3.22. The Labute approximate surface area is 172 Å². The van der Waals surface area contributed by atoms with Crippen molar-refractivity contribution < 1.29 is 0 Å². The topological polar surface area (TPSA) is 27.8 Å². The Balaban J connectivity index is 1.54. The third-order valence-corrected chi connectivity index (χ3v) is 6.15. The van der Waals surface area contributed by atoms with Gasteiger partial charge < -0.3 is 4.98 Å². The molecule has 0 radical (unpaired) electrons. The van der Waals surface area contributed by atoms with E-state index in [1.165, 1.54) is 40.5 Å². The predicted octanol–water partition coefficient (Wildman–Crippen LogP) is 6.59. The molecule has 4 aromatic rings. The number of benzene rings is 3. The maximum absolute atomic E-state index is 4.56. The SMILES string of the molecule is C=C(c1c[nH]c2ccccc12)C(NC1CCCc2ccccc21)c1ccccc1. The summed E-state index contributed by atoms with van der Waals surface area (Å²) < 4.78 is 0. The number of hydrogen-bond donors (Lipinski definition) is 2. The van der Waals surface area contributed by atoms with Gasteiger partial charge in [0.1, 0.15) is 0 Å². The second-order valence-corrected chi connectivity index (χ2v) is 7.93. The minimum Gasteiger partial charge on any atom is -0.361 e. The van der Waals surface area contributed by atoms with Crippen molar-refractivity contribution in [3.63, 3.8) is 0 Å². The minimum absolute atomic E-state index is 0.0616. The summed E-state index contributed by atoms with van der Waals surface area (Å²) in [6.07, 6.45) is 5.64. The summed E-state index contributed by atoms with van der Waals surface area (Å²) in [5, 5.41) is 5.19. The molecule has 2 nitrogen and oxygen atoms in total. The molecular formula is C27H26N2. The van der Waals surface area contributed by atoms with Crippen LogP contribution in [-0.4, -0.2) is 4.98 Å². The largest absolute Gasteiger partial charge is 0.361 e. The summed E-state index contributed by atoms with van der Waals surface area (Å²) >= 11 is 0. The lowest BCUT2D eigenvalue weighted by atomic mass is 9.85. The summed E-state index contributed by atoms with van der Waals surface area (Å²) in [6, 6.07) is 28.4. The van der Waals surface area contributed by atoms with E-state index in [1.54, 1.807) is 0 Å². The first-order chi connectivity index (χ1) is 14.3. The second kappa shape index (κ2) is 7.73. The number of aryl methyl sites for hydroxylation is 1. The van der Waals surface area contributed by atoms with E-state index in [2.05, 4.69) is 102 Å². The highest BCUT2D eigenvalue weighted by molar-refractivity contribution is 5.93. The van der Waals surface area contributed by atoms with Gasteiger partial charge in [-0.25, -0.2) is 0 Å². The molecule has 0 spiro atoms. The number of aromatic nitrogens is 1. The number of rotatable bonds is 5. The quantitative estimate of drug-likeness (QED) is 0.403. The van der Waals surface area contributed by atoms with E-state index in [-0.39, 0.29) is 6.04 Å². The van der Waals surface area contributed by atoms with Crippen molar-refractivity contribution in [2.24, 2.45) is 0 Å². The number of para-hydroxylation sites is 1. The van der Waals surface area contributed by atoms with Crippen LogP contribution in [0.25, 0.3) is 16.5 Å². The fourth-order valence-electron chi connectivity index (χ4n) is 4.66. The van der Waals surface area contributed by atoms with Crippen LogP contribution in [-0.2, 0) is 6.42 Å². The Morgan fingerprint density at radius 1 is 0.931 bits per heavy atom. The first-order valence-electron chi connectivity index (χ1n) is 10.5. The zero-order chi connectivity index (χ0) is 19.6. The van der Waals surface area contributed by atoms with Gasteiger partial charge in [0.15, 0.2) is 0 Å². The Kier molecular flexibility index (Phi) is 4.79. The standard InChI is InChI=1S/C27H26N2/c1-19(24-18-28-25-16-8-7-15-23(24)25)27(21-11-3-2-4-12-21)29-26-17-9-13-20-10-5-6-14-22(20)26/h2-8,10-12,14-16,18,26-29H,1,9,13,17H2. The van der Waals surface area contributed by atoms with Crippen molar-refractivity contribution in [3.05, 3.63) is 114 Å². The highest BCUT2D eigenvalue weighted by Gasteiger charge is 2.26. The van der Waals surface area contributed by atoms with Crippen molar-refractivity contribution in [1.82, 2.24) is 10.3 Å². The van der Waals surface area contributed by atoms with Crippen molar-refractivity contribution in [3.8, 4) is 0 Å². The predicted molar refractivity (Wildman–Crippen MR) is 122 cm³/mol. The van der Waals surface area contributed by atoms with Gasteiger partial charge in [-0.15, -0.1) is 0 Å². The number of aromatic amines is 1. The van der Waals surface area contributed by atoms with Crippen LogP contribution in [0.3, 0.4) is 0 Å². The Bertz CT molecular complexity index is 1140. The smallest absolute Gasteiger partial charge is 0.0582 e. The van der Waals surface area contributed by atoms with E-state index in [1.807, 2.05) is 0 Å². The van der Waals surface area contributed by atoms with E-state index in [4.69, 9.17) is 0 Å². The van der Waals surface area contributed by atoms with E-state index in [9.17, 15) is 0 Å². The molecule has 2 atom stereocenters. The first kappa shape index (κ1) is 18.0. The molecule has 0 bridgehead atoms. The highest BCUT2D eigenvalue weighted by atomic mass is 15.0. The molecule has 29 heavy (non-hydrogen) atoms. The van der Waals surface area contributed by atoms with Gasteiger partial charge >= 0.3 is 0 Å². The molecule has 144 valence electrons. The fourth-order valence-corrected chi connectivity index (χ4v) is 4.66. The number of H-pyrrole nitrogens is 1. The molecule has 1 heterocycles. The second-order valence-electron chi connectivity index (χ2n) is 7.93. The number of hydrogen-bond acceptors (Lipinski definition) is 1. The van der Waals surface area contributed by atoms with Crippen molar-refractivity contribution in [1.29, 1.82) is 0 Å². The lowest BCUT2D eigenvalue weighted by Gasteiger charge is -2.32. The summed E-state index contributed by atoms with van der Waals surface area (Å²) in [7, 11) is 0. The molecule has 3 aromatic carbocycles. The summed E-state index contributed by atoms with van der Waals surface area (Å²) in [6.45, 7) is 4.56. The molecule has 2 N–H and O–H groups in total. The van der Waals surface area contributed by atoms with E-state index >= 15 is 0 Å². The zero-order valence-electron chi connectivity index (χ0n) is 16.6. The summed E-state index contributed by atoms with van der Waals surface area (Å²) in [4.78, 5) is 3.41. The minimum atomic E-state index is 0.0616. The molecule has 1 aromatic heterocycles. The van der Waals surface area contributed by atoms with Crippen LogP contribution in [0.2, 0.25) is 0 Å². The monoisotopic (exact) mass is 378 g/mol. The molecule has 0 aliphatic heterocycles. The molecule has 2 unspecified atom stereocenters. The summed E-state index contributed by atoms with van der Waals surface area (Å²) in [5.74, 6) is 0. The van der Waals surface area contributed by atoms with Gasteiger partial charge in [-0.3, -0.25) is 5.32 Å². The van der Waals surface area contributed by atoms with Gasteiger partial charge in [-0.1, -0.05) is 79.4 Å². The molecule has 0 amide bonds.